The van der Waals surface area contributed by atoms with Crippen molar-refractivity contribution >= 4 is 10.1 Å². The summed E-state index contributed by atoms with van der Waals surface area (Å²) in [4.78, 5) is 0. The molecule has 0 aliphatic rings. The fourth-order valence-electron chi connectivity index (χ4n) is 0.489. The van der Waals surface area contributed by atoms with Crippen LogP contribution in [0.3, 0.4) is 0 Å². The molecule has 0 aliphatic carbocycles. The highest BCUT2D eigenvalue weighted by molar-refractivity contribution is 7.86. The first-order chi connectivity index (χ1) is 5.62. The van der Waals surface area contributed by atoms with Crippen molar-refractivity contribution in [3.8, 4) is 0 Å². The zero-order chi connectivity index (χ0) is 9.45. The Balaban J connectivity index is 3.32. The van der Waals surface area contributed by atoms with Gasteiger partial charge in [0.1, 0.15) is 0 Å². The normalized spacial score (nSPS) is 11.8. The topological polar surface area (TPSA) is 61.8 Å². The lowest BCUT2D eigenvalue weighted by molar-refractivity contribution is 0.0779. The van der Waals surface area contributed by atoms with Crippen molar-refractivity contribution in [2.45, 2.75) is 0 Å². The molecule has 0 saturated carbocycles. The molecule has 0 amide bonds. The Labute approximate surface area is 72.7 Å². The van der Waals surface area contributed by atoms with Crippen LogP contribution in [-0.2, 0) is 23.8 Å². The Morgan fingerprint density at radius 1 is 1.08 bits per heavy atom. The number of hydrogen-bond donors (Lipinski definition) is 0. The van der Waals surface area contributed by atoms with Gasteiger partial charge in [0, 0.05) is 7.11 Å². The summed E-state index contributed by atoms with van der Waals surface area (Å²) in [7, 11) is -0.692. The molecular weight excluding hydrogens is 184 g/mol. The Kier molecular flexibility index (Phi) is 6.27. The van der Waals surface area contributed by atoms with E-state index in [0.29, 0.717) is 13.2 Å². The van der Waals surface area contributed by atoms with E-state index in [1.54, 1.807) is 7.11 Å². The zero-order valence-corrected chi connectivity index (χ0v) is 8.09. The average Bonchev–Trinajstić information content (AvgIpc) is 2.04. The van der Waals surface area contributed by atoms with Crippen LogP contribution >= 0.6 is 0 Å². The average molecular weight is 198 g/mol. The van der Waals surface area contributed by atoms with Gasteiger partial charge in [-0.1, -0.05) is 0 Å². The van der Waals surface area contributed by atoms with Gasteiger partial charge in [0.2, 0.25) is 0 Å². The Hall–Kier alpha value is -0.170. The largest absolute Gasteiger partial charge is 0.382 e. The van der Waals surface area contributed by atoms with Gasteiger partial charge in [-0.15, -0.1) is 0 Å². The third-order valence-electron chi connectivity index (χ3n) is 1.16. The maximum absolute atomic E-state index is 10.7. The minimum absolute atomic E-state index is 0.118. The van der Waals surface area contributed by atoms with E-state index in [-0.39, 0.29) is 12.4 Å². The SMILES string of the molecule is COCCOCCS(=O)(=O)OC. The van der Waals surface area contributed by atoms with Gasteiger partial charge in [0.25, 0.3) is 10.1 Å². The van der Waals surface area contributed by atoms with Gasteiger partial charge in [0.15, 0.2) is 0 Å². The van der Waals surface area contributed by atoms with Crippen LogP contribution < -0.4 is 0 Å². The van der Waals surface area contributed by atoms with Gasteiger partial charge in [-0.2, -0.15) is 8.42 Å². The lowest BCUT2D eigenvalue weighted by Crippen LogP contribution is -2.14. The molecule has 0 heterocycles. The quantitative estimate of drug-likeness (QED) is 0.412. The summed E-state index contributed by atoms with van der Waals surface area (Å²) in [5.41, 5.74) is 0. The molecule has 0 fully saturated rings. The van der Waals surface area contributed by atoms with Crippen molar-refractivity contribution in [3.05, 3.63) is 0 Å². The maximum Gasteiger partial charge on any atom is 0.269 e. The second-order valence-corrected chi connectivity index (χ2v) is 3.89. The van der Waals surface area contributed by atoms with Crippen molar-refractivity contribution in [2.24, 2.45) is 0 Å². The molecule has 0 aromatic heterocycles. The van der Waals surface area contributed by atoms with Crippen LogP contribution in [0.2, 0.25) is 0 Å². The summed E-state index contributed by atoms with van der Waals surface area (Å²) >= 11 is 0. The third-order valence-corrected chi connectivity index (χ3v) is 2.34. The molecule has 5 nitrogen and oxygen atoms in total. The second-order valence-electron chi connectivity index (χ2n) is 2.03. The van der Waals surface area contributed by atoms with Gasteiger partial charge in [-0.25, -0.2) is 0 Å². The minimum atomic E-state index is -3.37. The molecule has 0 aliphatic heterocycles. The van der Waals surface area contributed by atoms with Crippen LogP contribution in [-0.4, -0.2) is 48.2 Å². The smallest absolute Gasteiger partial charge is 0.269 e. The summed E-state index contributed by atoms with van der Waals surface area (Å²) < 4.78 is 35.2. The molecule has 0 spiro atoms. The monoisotopic (exact) mass is 198 g/mol. The van der Waals surface area contributed by atoms with Gasteiger partial charge >= 0.3 is 0 Å². The fraction of sp³-hybridized carbons (Fsp3) is 1.00. The van der Waals surface area contributed by atoms with E-state index in [4.69, 9.17) is 9.47 Å². The Morgan fingerprint density at radius 2 is 1.75 bits per heavy atom. The molecule has 0 saturated heterocycles. The van der Waals surface area contributed by atoms with Crippen LogP contribution in [0, 0.1) is 0 Å². The molecule has 0 aromatic rings. The molecule has 0 aromatic carbocycles. The Morgan fingerprint density at radius 3 is 2.25 bits per heavy atom. The van der Waals surface area contributed by atoms with Crippen molar-refractivity contribution < 1.29 is 22.1 Å². The summed E-state index contributed by atoms with van der Waals surface area (Å²) in [5, 5.41) is 0. The van der Waals surface area contributed by atoms with Crippen molar-refractivity contribution in [1.82, 2.24) is 0 Å². The molecule has 0 unspecified atom stereocenters. The highest BCUT2D eigenvalue weighted by Gasteiger charge is 2.06. The van der Waals surface area contributed by atoms with Crippen LogP contribution in [0.1, 0.15) is 0 Å². The van der Waals surface area contributed by atoms with Gasteiger partial charge in [-0.3, -0.25) is 4.18 Å². The molecule has 6 heteroatoms. The first-order valence-corrected chi connectivity index (χ1v) is 5.05. The molecule has 0 N–H and O–H groups in total. The van der Waals surface area contributed by atoms with E-state index in [9.17, 15) is 8.42 Å². The molecule has 12 heavy (non-hydrogen) atoms. The van der Waals surface area contributed by atoms with Crippen molar-refractivity contribution in [3.63, 3.8) is 0 Å². The van der Waals surface area contributed by atoms with E-state index in [0.717, 1.165) is 7.11 Å². The molecule has 0 rings (SSSR count). The van der Waals surface area contributed by atoms with E-state index in [1.807, 2.05) is 0 Å². The first-order valence-electron chi connectivity index (χ1n) is 3.47. The van der Waals surface area contributed by atoms with E-state index in [2.05, 4.69) is 4.18 Å². The van der Waals surface area contributed by atoms with E-state index < -0.39 is 10.1 Å². The maximum atomic E-state index is 10.7. The molecule has 0 atom stereocenters. The number of methoxy groups -OCH3 is 1. The number of ether oxygens (including phenoxy) is 2. The fourth-order valence-corrected chi connectivity index (χ4v) is 0.977. The number of hydrogen-bond acceptors (Lipinski definition) is 5. The Bertz CT molecular complexity index is 186. The molecule has 0 radical (unpaired) electrons. The van der Waals surface area contributed by atoms with E-state index in [1.165, 1.54) is 0 Å². The predicted octanol–water partition coefficient (Wildman–Crippen LogP) is -0.374. The van der Waals surface area contributed by atoms with Crippen molar-refractivity contribution in [2.75, 3.05) is 39.8 Å². The molecular formula is C6H14O5S. The van der Waals surface area contributed by atoms with Crippen LogP contribution in [0.4, 0.5) is 0 Å². The van der Waals surface area contributed by atoms with Crippen LogP contribution in [0.15, 0.2) is 0 Å². The highest BCUT2D eigenvalue weighted by Crippen LogP contribution is 1.89. The molecule has 0 bridgehead atoms. The lowest BCUT2D eigenvalue weighted by atomic mass is 10.7. The predicted molar refractivity (Wildman–Crippen MR) is 43.5 cm³/mol. The number of rotatable bonds is 7. The summed E-state index contributed by atoms with van der Waals surface area (Å²) in [6.07, 6.45) is 0. The van der Waals surface area contributed by atoms with Crippen molar-refractivity contribution in [1.29, 1.82) is 0 Å². The summed E-state index contributed by atoms with van der Waals surface area (Å²) in [6.45, 7) is 1.00. The summed E-state index contributed by atoms with van der Waals surface area (Å²) in [6, 6.07) is 0. The van der Waals surface area contributed by atoms with Crippen LogP contribution in [0.25, 0.3) is 0 Å². The standard InChI is InChI=1S/C6H14O5S/c1-9-3-4-11-5-6-12(7,8)10-2/h3-6H2,1-2H3. The minimum Gasteiger partial charge on any atom is -0.382 e. The second kappa shape index (κ2) is 6.36. The van der Waals surface area contributed by atoms with Gasteiger partial charge in [0.05, 0.1) is 32.7 Å². The molecule has 74 valence electrons. The zero-order valence-electron chi connectivity index (χ0n) is 7.28. The van der Waals surface area contributed by atoms with E-state index >= 15 is 0 Å². The van der Waals surface area contributed by atoms with Gasteiger partial charge < -0.3 is 9.47 Å². The third kappa shape index (κ3) is 6.53. The first kappa shape index (κ1) is 11.8. The highest BCUT2D eigenvalue weighted by atomic mass is 32.2. The summed E-state index contributed by atoms with van der Waals surface area (Å²) in [5.74, 6) is -0.118. The van der Waals surface area contributed by atoms with Gasteiger partial charge in [-0.05, 0) is 0 Å². The lowest BCUT2D eigenvalue weighted by Gasteiger charge is -2.02. The van der Waals surface area contributed by atoms with Crippen LogP contribution in [0.5, 0.6) is 0 Å².